The number of nitrogens with one attached hydrogen (secondary N) is 1. The third kappa shape index (κ3) is 4.48. The minimum Gasteiger partial charge on any atom is -0.479 e. The number of amides is 2. The molecule has 4 rings (SSSR count). The van der Waals surface area contributed by atoms with Gasteiger partial charge in [-0.3, -0.25) is 0 Å². The molecule has 0 radical (unpaired) electrons. The smallest absolute Gasteiger partial charge is 0.322 e. The monoisotopic (exact) mass is 387 g/mol. The number of likely N-dealkylation sites (tertiary alicyclic amines) is 1. The lowest BCUT2D eigenvalue weighted by Crippen LogP contribution is -2.56. The zero-order valence-corrected chi connectivity index (χ0v) is 15.9. The molecule has 0 aromatic heterocycles. The van der Waals surface area contributed by atoms with Gasteiger partial charge in [-0.15, -0.1) is 0 Å². The van der Waals surface area contributed by atoms with E-state index in [0.717, 1.165) is 5.56 Å². The summed E-state index contributed by atoms with van der Waals surface area (Å²) in [6.07, 6.45) is 0.0430. The van der Waals surface area contributed by atoms with Crippen LogP contribution in [-0.2, 0) is 11.3 Å². The van der Waals surface area contributed by atoms with E-state index in [4.69, 9.17) is 14.7 Å². The average Bonchev–Trinajstić information content (AvgIpc) is 2.72. The highest BCUT2D eigenvalue weighted by Crippen LogP contribution is 2.22. The Hall–Kier alpha value is -3.56. The van der Waals surface area contributed by atoms with E-state index in [-0.39, 0.29) is 18.7 Å². The highest BCUT2D eigenvalue weighted by molar-refractivity contribution is 5.90. The van der Waals surface area contributed by atoms with E-state index in [0.29, 0.717) is 31.1 Å². The third-order valence-electron chi connectivity index (χ3n) is 4.90. The summed E-state index contributed by atoms with van der Waals surface area (Å²) in [7, 11) is 0. The van der Waals surface area contributed by atoms with Crippen LogP contribution >= 0.6 is 0 Å². The maximum Gasteiger partial charge on any atom is 0.322 e. The van der Waals surface area contributed by atoms with Gasteiger partial charge in [0.15, 0.2) is 6.61 Å². The van der Waals surface area contributed by atoms with Crippen molar-refractivity contribution in [3.8, 4) is 11.8 Å². The number of carbonyl (C=O) groups is 1. The summed E-state index contributed by atoms with van der Waals surface area (Å²) in [6.45, 7) is 1.67. The Kier molecular flexibility index (Phi) is 5.59. The van der Waals surface area contributed by atoms with Gasteiger partial charge in [0.1, 0.15) is 11.8 Å². The number of anilines is 1. The Morgan fingerprint density at radius 3 is 2.62 bits per heavy atom. The lowest BCUT2D eigenvalue weighted by atomic mass is 10.1. The van der Waals surface area contributed by atoms with Crippen LogP contribution in [0, 0.1) is 11.3 Å². The molecule has 2 amide bonds. The number of ether oxygens (including phenoxy) is 2. The maximum absolute atomic E-state index is 12.3. The SMILES string of the molecule is N#CCOc1ccc(NC(=O)N2CC(OCc3cccc4ccccc34)C2)cc1. The van der Waals surface area contributed by atoms with Crippen molar-refractivity contribution < 1.29 is 14.3 Å². The fraction of sp³-hybridized carbons (Fsp3) is 0.217. The first-order valence-electron chi connectivity index (χ1n) is 9.47. The molecular weight excluding hydrogens is 366 g/mol. The minimum absolute atomic E-state index is 0.000350. The van der Waals surface area contributed by atoms with Crippen LogP contribution in [0.3, 0.4) is 0 Å². The van der Waals surface area contributed by atoms with E-state index in [1.54, 1.807) is 29.2 Å². The molecule has 1 heterocycles. The standard InChI is InChI=1S/C23H21N3O3/c24-12-13-28-20-10-8-19(9-11-20)25-23(27)26-14-21(15-26)29-16-18-6-3-5-17-4-1-2-7-22(17)18/h1-11,21H,13-16H2,(H,25,27). The highest BCUT2D eigenvalue weighted by Gasteiger charge is 2.31. The molecule has 1 N–H and O–H groups in total. The van der Waals surface area contributed by atoms with Crippen molar-refractivity contribution in [2.45, 2.75) is 12.7 Å². The Morgan fingerprint density at radius 1 is 1.07 bits per heavy atom. The molecule has 6 heteroatoms. The molecule has 1 fully saturated rings. The number of nitrogens with zero attached hydrogens (tertiary/aromatic N) is 2. The lowest BCUT2D eigenvalue weighted by molar-refractivity contribution is -0.0417. The van der Waals surface area contributed by atoms with E-state index in [1.165, 1.54) is 10.8 Å². The normalized spacial score (nSPS) is 13.6. The zero-order chi connectivity index (χ0) is 20.1. The van der Waals surface area contributed by atoms with Crippen LogP contribution in [0.2, 0.25) is 0 Å². The molecular formula is C23H21N3O3. The van der Waals surface area contributed by atoms with E-state index in [2.05, 4.69) is 29.6 Å². The number of hydrogen-bond acceptors (Lipinski definition) is 4. The average molecular weight is 387 g/mol. The van der Waals surface area contributed by atoms with Gasteiger partial charge in [0.25, 0.3) is 0 Å². The van der Waals surface area contributed by atoms with Gasteiger partial charge >= 0.3 is 6.03 Å². The molecule has 3 aromatic rings. The quantitative estimate of drug-likeness (QED) is 0.689. The maximum atomic E-state index is 12.3. The largest absolute Gasteiger partial charge is 0.479 e. The van der Waals surface area contributed by atoms with Gasteiger partial charge in [-0.2, -0.15) is 5.26 Å². The van der Waals surface area contributed by atoms with Crippen LogP contribution in [0.1, 0.15) is 5.56 Å². The number of rotatable bonds is 6. The summed E-state index contributed by atoms with van der Waals surface area (Å²) < 4.78 is 11.2. The van der Waals surface area contributed by atoms with Gasteiger partial charge in [0.05, 0.1) is 25.8 Å². The fourth-order valence-electron chi connectivity index (χ4n) is 3.29. The van der Waals surface area contributed by atoms with Crippen LogP contribution in [0.4, 0.5) is 10.5 Å². The van der Waals surface area contributed by atoms with Crippen LogP contribution in [0.15, 0.2) is 66.7 Å². The Morgan fingerprint density at radius 2 is 1.83 bits per heavy atom. The first kappa shape index (κ1) is 18.8. The van der Waals surface area contributed by atoms with E-state index in [1.807, 2.05) is 24.3 Å². The van der Waals surface area contributed by atoms with Crippen molar-refractivity contribution in [3.63, 3.8) is 0 Å². The second kappa shape index (κ2) is 8.63. The number of benzene rings is 3. The van der Waals surface area contributed by atoms with Crippen molar-refractivity contribution in [2.75, 3.05) is 25.0 Å². The van der Waals surface area contributed by atoms with Crippen molar-refractivity contribution in [1.82, 2.24) is 4.90 Å². The summed E-state index contributed by atoms with van der Waals surface area (Å²) in [6, 6.07) is 23.2. The number of fused-ring (bicyclic) bond motifs is 1. The van der Waals surface area contributed by atoms with Gasteiger partial charge in [-0.25, -0.2) is 4.79 Å². The number of urea groups is 1. The number of hydrogen-bond donors (Lipinski definition) is 1. The predicted molar refractivity (Wildman–Crippen MR) is 111 cm³/mol. The van der Waals surface area contributed by atoms with Crippen LogP contribution in [-0.4, -0.2) is 36.7 Å². The second-order valence-corrected chi connectivity index (χ2v) is 6.88. The third-order valence-corrected chi connectivity index (χ3v) is 4.90. The summed E-state index contributed by atoms with van der Waals surface area (Å²) >= 11 is 0. The number of nitriles is 1. The topological polar surface area (TPSA) is 74.6 Å². The van der Waals surface area contributed by atoms with Crippen LogP contribution in [0.5, 0.6) is 5.75 Å². The summed E-state index contributed by atoms with van der Waals surface area (Å²) in [5.74, 6) is 0.593. The van der Waals surface area contributed by atoms with Crippen LogP contribution < -0.4 is 10.1 Å². The molecule has 146 valence electrons. The molecule has 0 aliphatic carbocycles. The van der Waals surface area contributed by atoms with E-state index in [9.17, 15) is 4.79 Å². The van der Waals surface area contributed by atoms with Gasteiger partial charge in [0.2, 0.25) is 0 Å². The van der Waals surface area contributed by atoms with E-state index >= 15 is 0 Å². The molecule has 1 saturated heterocycles. The van der Waals surface area contributed by atoms with Crippen LogP contribution in [0.25, 0.3) is 10.8 Å². The summed E-state index contributed by atoms with van der Waals surface area (Å²) in [4.78, 5) is 14.0. The summed E-state index contributed by atoms with van der Waals surface area (Å²) in [5, 5.41) is 13.8. The molecule has 29 heavy (non-hydrogen) atoms. The van der Waals surface area contributed by atoms with Crippen molar-refractivity contribution in [1.29, 1.82) is 5.26 Å². The Balaban J connectivity index is 1.24. The molecule has 1 aliphatic heterocycles. The van der Waals surface area contributed by atoms with Gasteiger partial charge in [0, 0.05) is 5.69 Å². The summed E-state index contributed by atoms with van der Waals surface area (Å²) in [5.41, 5.74) is 1.84. The first-order valence-corrected chi connectivity index (χ1v) is 9.47. The van der Waals surface area contributed by atoms with E-state index < -0.39 is 0 Å². The molecule has 0 unspecified atom stereocenters. The minimum atomic E-state index is -0.152. The molecule has 3 aromatic carbocycles. The second-order valence-electron chi connectivity index (χ2n) is 6.88. The Bertz CT molecular complexity index is 1030. The van der Waals surface area contributed by atoms with Crippen molar-refractivity contribution in [2.24, 2.45) is 0 Å². The highest BCUT2D eigenvalue weighted by atomic mass is 16.5. The zero-order valence-electron chi connectivity index (χ0n) is 15.9. The van der Waals surface area contributed by atoms with Crippen molar-refractivity contribution >= 4 is 22.5 Å². The molecule has 0 atom stereocenters. The Labute approximate surface area is 169 Å². The van der Waals surface area contributed by atoms with Crippen molar-refractivity contribution in [3.05, 3.63) is 72.3 Å². The molecule has 6 nitrogen and oxygen atoms in total. The molecule has 1 aliphatic rings. The molecule has 0 spiro atoms. The predicted octanol–water partition coefficient (Wildman–Crippen LogP) is 4.18. The lowest BCUT2D eigenvalue weighted by Gasteiger charge is -2.38. The van der Waals surface area contributed by atoms with Gasteiger partial charge in [-0.05, 0) is 40.6 Å². The number of carbonyl (C=O) groups excluding carboxylic acids is 1. The molecule has 0 bridgehead atoms. The van der Waals surface area contributed by atoms with Gasteiger partial charge in [-0.1, -0.05) is 42.5 Å². The fourth-order valence-corrected chi connectivity index (χ4v) is 3.29. The first-order chi connectivity index (χ1) is 14.2. The van der Waals surface area contributed by atoms with Gasteiger partial charge < -0.3 is 19.7 Å². The molecule has 0 saturated carbocycles.